The maximum atomic E-state index is 13.3. The van der Waals surface area contributed by atoms with E-state index in [1.165, 1.54) is 11.8 Å². The highest BCUT2D eigenvalue weighted by Crippen LogP contribution is 2.25. The van der Waals surface area contributed by atoms with Crippen molar-refractivity contribution >= 4 is 58.4 Å². The number of hydrogen-bond donors (Lipinski definition) is 1. The Kier molecular flexibility index (Phi) is 10.2. The van der Waals surface area contributed by atoms with Crippen molar-refractivity contribution in [2.24, 2.45) is 0 Å². The van der Waals surface area contributed by atoms with Gasteiger partial charge >= 0.3 is 0 Å². The van der Waals surface area contributed by atoms with Crippen molar-refractivity contribution in [3.63, 3.8) is 0 Å². The van der Waals surface area contributed by atoms with E-state index in [4.69, 9.17) is 34.8 Å². The van der Waals surface area contributed by atoms with Gasteiger partial charge in [0, 0.05) is 23.4 Å². The van der Waals surface area contributed by atoms with Crippen LogP contribution in [0.25, 0.3) is 0 Å². The van der Waals surface area contributed by atoms with Gasteiger partial charge in [0.25, 0.3) is 0 Å². The van der Waals surface area contributed by atoms with E-state index in [0.29, 0.717) is 33.8 Å². The van der Waals surface area contributed by atoms with Crippen LogP contribution in [0.2, 0.25) is 15.1 Å². The number of hydrogen-bond acceptors (Lipinski definition) is 3. The molecule has 3 rings (SSSR count). The first-order chi connectivity index (χ1) is 15.9. The van der Waals surface area contributed by atoms with Crippen LogP contribution >= 0.6 is 46.6 Å². The van der Waals surface area contributed by atoms with E-state index in [-0.39, 0.29) is 23.6 Å². The highest BCUT2D eigenvalue weighted by Gasteiger charge is 2.30. The number of carbonyl (C=O) groups excluding carboxylic acids is 2. The Labute approximate surface area is 215 Å². The molecule has 1 saturated carbocycles. The largest absolute Gasteiger partial charge is 0.352 e. The lowest BCUT2D eigenvalue weighted by Crippen LogP contribution is -2.51. The topological polar surface area (TPSA) is 49.4 Å². The molecular weight excluding hydrogens is 499 g/mol. The van der Waals surface area contributed by atoms with Gasteiger partial charge < -0.3 is 10.2 Å². The van der Waals surface area contributed by atoms with Crippen LogP contribution in [0.5, 0.6) is 0 Å². The van der Waals surface area contributed by atoms with Crippen LogP contribution in [0.3, 0.4) is 0 Å². The summed E-state index contributed by atoms with van der Waals surface area (Å²) in [6.45, 7) is 2.24. The maximum absolute atomic E-state index is 13.3. The minimum Gasteiger partial charge on any atom is -0.352 e. The summed E-state index contributed by atoms with van der Waals surface area (Å²) in [5, 5.41) is 4.74. The molecule has 4 nitrogen and oxygen atoms in total. The summed E-state index contributed by atoms with van der Waals surface area (Å²) < 4.78 is 0. The van der Waals surface area contributed by atoms with Crippen molar-refractivity contribution in [3.05, 3.63) is 68.7 Å². The molecule has 2 aromatic carbocycles. The zero-order valence-electron chi connectivity index (χ0n) is 18.7. The molecule has 1 N–H and O–H groups in total. The summed E-state index contributed by atoms with van der Waals surface area (Å²) in [6, 6.07) is 12.6. The molecule has 8 heteroatoms. The van der Waals surface area contributed by atoms with Gasteiger partial charge in [0.05, 0.1) is 15.8 Å². The summed E-state index contributed by atoms with van der Waals surface area (Å²) >= 11 is 19.7. The van der Waals surface area contributed by atoms with Crippen molar-refractivity contribution in [1.29, 1.82) is 0 Å². The summed E-state index contributed by atoms with van der Waals surface area (Å²) in [5.74, 6) is 0.806. The van der Waals surface area contributed by atoms with Gasteiger partial charge in [0.15, 0.2) is 0 Å². The zero-order chi connectivity index (χ0) is 23.8. The van der Waals surface area contributed by atoms with Crippen LogP contribution in [-0.4, -0.2) is 34.6 Å². The van der Waals surface area contributed by atoms with Crippen LogP contribution in [0, 0.1) is 0 Å². The van der Waals surface area contributed by atoms with Crippen LogP contribution in [-0.2, 0) is 21.9 Å². The summed E-state index contributed by atoms with van der Waals surface area (Å²) in [6.07, 6.45) is 4.80. The highest BCUT2D eigenvalue weighted by atomic mass is 35.5. The third kappa shape index (κ3) is 7.81. The fraction of sp³-hybridized carbons (Fsp3) is 0.440. The number of nitrogens with one attached hydrogen (secondary N) is 1. The number of benzene rings is 2. The lowest BCUT2D eigenvalue weighted by atomic mass is 10.1. The van der Waals surface area contributed by atoms with E-state index in [9.17, 15) is 9.59 Å². The van der Waals surface area contributed by atoms with Crippen LogP contribution in [0.15, 0.2) is 42.5 Å². The van der Waals surface area contributed by atoms with E-state index in [1.54, 1.807) is 17.0 Å². The third-order valence-electron chi connectivity index (χ3n) is 5.83. The minimum atomic E-state index is -0.538. The molecule has 2 aromatic rings. The summed E-state index contributed by atoms with van der Waals surface area (Å²) in [5.41, 5.74) is 1.94. The second-order valence-corrected chi connectivity index (χ2v) is 10.5. The number of carbonyl (C=O) groups is 2. The Hall–Kier alpha value is -1.40. The van der Waals surface area contributed by atoms with Crippen molar-refractivity contribution < 1.29 is 9.59 Å². The molecule has 0 radical (unpaired) electrons. The molecule has 1 fully saturated rings. The van der Waals surface area contributed by atoms with Gasteiger partial charge in [-0.3, -0.25) is 9.59 Å². The predicted octanol–water partition coefficient (Wildman–Crippen LogP) is 6.75. The minimum absolute atomic E-state index is 0.0755. The van der Waals surface area contributed by atoms with Gasteiger partial charge in [-0.15, -0.1) is 11.8 Å². The summed E-state index contributed by atoms with van der Waals surface area (Å²) in [7, 11) is 0. The molecule has 1 atom stereocenters. The second-order valence-electron chi connectivity index (χ2n) is 8.30. The molecule has 0 aliphatic heterocycles. The molecule has 0 bridgehead atoms. The Morgan fingerprint density at radius 3 is 2.33 bits per heavy atom. The zero-order valence-corrected chi connectivity index (χ0v) is 21.7. The molecule has 0 heterocycles. The highest BCUT2D eigenvalue weighted by molar-refractivity contribution is 7.99. The molecule has 1 unspecified atom stereocenters. The number of thioether (sulfide) groups is 1. The second kappa shape index (κ2) is 12.9. The van der Waals surface area contributed by atoms with E-state index < -0.39 is 6.04 Å². The van der Waals surface area contributed by atoms with E-state index in [2.05, 4.69) is 5.32 Å². The fourth-order valence-electron chi connectivity index (χ4n) is 4.04. The van der Waals surface area contributed by atoms with Crippen molar-refractivity contribution in [1.82, 2.24) is 10.2 Å². The lowest BCUT2D eigenvalue weighted by molar-refractivity contribution is -0.139. The Balaban J connectivity index is 1.71. The van der Waals surface area contributed by atoms with Gasteiger partial charge in [-0.1, -0.05) is 72.8 Å². The number of nitrogens with zero attached hydrogens (tertiary/aromatic N) is 1. The van der Waals surface area contributed by atoms with Gasteiger partial charge in [-0.2, -0.15) is 0 Å². The Morgan fingerprint density at radius 1 is 1.03 bits per heavy atom. The Morgan fingerprint density at radius 2 is 1.70 bits per heavy atom. The molecule has 0 aromatic heterocycles. The number of amides is 2. The lowest BCUT2D eigenvalue weighted by Gasteiger charge is -2.31. The van der Waals surface area contributed by atoms with Gasteiger partial charge in [-0.25, -0.2) is 0 Å². The molecule has 2 amide bonds. The molecule has 33 heavy (non-hydrogen) atoms. The number of rotatable bonds is 10. The average molecular weight is 528 g/mol. The fourth-order valence-corrected chi connectivity index (χ4v) is 5.36. The standard InChI is InChI=1S/C25H29Cl3N2O2S/c1-2-23(25(32)29-20-5-3-4-6-20)30(14-18-9-12-21(27)22(28)13-18)24(31)16-33-15-17-7-10-19(26)11-8-17/h7-13,20,23H,2-6,14-16H2,1H3,(H,29,32). The van der Waals surface area contributed by atoms with Gasteiger partial charge in [0.1, 0.15) is 6.04 Å². The first kappa shape index (κ1) is 26.2. The normalized spacial score (nSPS) is 14.8. The van der Waals surface area contributed by atoms with Crippen molar-refractivity contribution in [3.8, 4) is 0 Å². The van der Waals surface area contributed by atoms with E-state index in [1.807, 2.05) is 37.3 Å². The predicted molar refractivity (Wildman–Crippen MR) is 139 cm³/mol. The molecular formula is C25H29Cl3N2O2S. The quantitative estimate of drug-likeness (QED) is 0.372. The Bertz CT molecular complexity index is 949. The molecule has 0 saturated heterocycles. The van der Waals surface area contributed by atoms with Gasteiger partial charge in [-0.05, 0) is 54.7 Å². The first-order valence-electron chi connectivity index (χ1n) is 11.2. The first-order valence-corrected chi connectivity index (χ1v) is 13.5. The van der Waals surface area contributed by atoms with Crippen LogP contribution in [0.1, 0.15) is 50.2 Å². The molecule has 0 spiro atoms. The summed E-state index contributed by atoms with van der Waals surface area (Å²) in [4.78, 5) is 28.2. The maximum Gasteiger partial charge on any atom is 0.243 e. The third-order valence-corrected chi connectivity index (χ3v) is 7.81. The van der Waals surface area contributed by atoms with Gasteiger partial charge in [0.2, 0.25) is 11.8 Å². The number of halogens is 3. The SMILES string of the molecule is CCC(C(=O)NC1CCCC1)N(Cc1ccc(Cl)c(Cl)c1)C(=O)CSCc1ccc(Cl)cc1. The van der Waals surface area contributed by atoms with Crippen molar-refractivity contribution in [2.75, 3.05) is 5.75 Å². The average Bonchev–Trinajstić information content (AvgIpc) is 3.30. The molecule has 1 aliphatic carbocycles. The van der Waals surface area contributed by atoms with E-state index >= 15 is 0 Å². The van der Waals surface area contributed by atoms with Crippen LogP contribution in [0.4, 0.5) is 0 Å². The van der Waals surface area contributed by atoms with E-state index in [0.717, 1.165) is 36.8 Å². The van der Waals surface area contributed by atoms with Crippen molar-refractivity contribution in [2.45, 2.75) is 63.4 Å². The van der Waals surface area contributed by atoms with Crippen LogP contribution < -0.4 is 5.32 Å². The molecule has 1 aliphatic rings. The smallest absolute Gasteiger partial charge is 0.243 e. The molecule has 178 valence electrons. The monoisotopic (exact) mass is 526 g/mol.